The van der Waals surface area contributed by atoms with Crippen LogP contribution in [0.25, 0.3) is 0 Å². The van der Waals surface area contributed by atoms with Gasteiger partial charge in [0.1, 0.15) is 6.61 Å². The molecule has 18 heavy (non-hydrogen) atoms. The molecule has 2 aromatic rings. The minimum atomic E-state index is 0.557. The summed E-state index contributed by atoms with van der Waals surface area (Å²) >= 11 is 3.50. The van der Waals surface area contributed by atoms with Crippen molar-refractivity contribution in [3.63, 3.8) is 0 Å². The van der Waals surface area contributed by atoms with Gasteiger partial charge in [0.05, 0.1) is 5.69 Å². The van der Waals surface area contributed by atoms with Crippen molar-refractivity contribution < 1.29 is 4.74 Å². The van der Waals surface area contributed by atoms with Crippen molar-refractivity contribution in [1.82, 2.24) is 4.98 Å². The Morgan fingerprint density at radius 2 is 1.94 bits per heavy atom. The highest BCUT2D eigenvalue weighted by molar-refractivity contribution is 9.10. The van der Waals surface area contributed by atoms with E-state index in [1.807, 2.05) is 25.1 Å². The fourth-order valence-corrected chi connectivity index (χ4v) is 2.07. The molecule has 0 aliphatic heterocycles. The van der Waals surface area contributed by atoms with Crippen molar-refractivity contribution in [2.24, 2.45) is 0 Å². The van der Waals surface area contributed by atoms with E-state index >= 15 is 0 Å². The molecule has 2 rings (SSSR count). The third-order valence-corrected chi connectivity index (χ3v) is 3.59. The summed E-state index contributed by atoms with van der Waals surface area (Å²) in [7, 11) is 0. The number of nitrogens with zero attached hydrogens (tertiary/aromatic N) is 1. The molecule has 0 amide bonds. The molecule has 0 radical (unpaired) electrons. The first-order valence-electron chi connectivity index (χ1n) is 6.03. The topological polar surface area (TPSA) is 22.1 Å². The summed E-state index contributed by atoms with van der Waals surface area (Å²) in [6.45, 7) is 4.63. The van der Waals surface area contributed by atoms with Crippen LogP contribution in [-0.2, 0) is 13.0 Å². The highest BCUT2D eigenvalue weighted by Gasteiger charge is 2.08. The third-order valence-electron chi connectivity index (χ3n) is 2.79. The molecule has 0 saturated carbocycles. The van der Waals surface area contributed by atoms with Crippen LogP contribution in [0, 0.1) is 6.92 Å². The van der Waals surface area contributed by atoms with Crippen molar-refractivity contribution in [2.75, 3.05) is 0 Å². The number of aryl methyl sites for hydroxylation is 2. The van der Waals surface area contributed by atoms with Gasteiger partial charge in [-0.3, -0.25) is 0 Å². The van der Waals surface area contributed by atoms with E-state index in [1.165, 1.54) is 0 Å². The Kier molecular flexibility index (Phi) is 4.37. The van der Waals surface area contributed by atoms with Gasteiger partial charge in [-0.25, -0.2) is 4.98 Å². The van der Waals surface area contributed by atoms with Crippen LogP contribution in [0.5, 0.6) is 5.88 Å². The van der Waals surface area contributed by atoms with E-state index in [0.29, 0.717) is 6.61 Å². The summed E-state index contributed by atoms with van der Waals surface area (Å²) in [6, 6.07) is 12.2. The van der Waals surface area contributed by atoms with Crippen LogP contribution in [0.4, 0.5) is 0 Å². The Hall–Kier alpha value is -1.35. The quantitative estimate of drug-likeness (QED) is 0.840. The maximum Gasteiger partial charge on any atom is 0.217 e. The van der Waals surface area contributed by atoms with Crippen molar-refractivity contribution >= 4 is 15.9 Å². The van der Waals surface area contributed by atoms with Crippen LogP contribution in [0.2, 0.25) is 0 Å². The highest BCUT2D eigenvalue weighted by Crippen LogP contribution is 2.24. The molecule has 1 aromatic carbocycles. The molecule has 0 aliphatic carbocycles. The molecule has 0 bridgehead atoms. The first-order valence-corrected chi connectivity index (χ1v) is 6.82. The molecule has 94 valence electrons. The Morgan fingerprint density at radius 3 is 2.61 bits per heavy atom. The lowest BCUT2D eigenvalue weighted by Crippen LogP contribution is -2.02. The number of aromatic nitrogens is 1. The van der Waals surface area contributed by atoms with Gasteiger partial charge in [-0.05, 0) is 40.9 Å². The second-order valence-corrected chi connectivity index (χ2v) is 5.00. The summed E-state index contributed by atoms with van der Waals surface area (Å²) in [6.07, 6.45) is 0.913. The van der Waals surface area contributed by atoms with Crippen LogP contribution in [0.3, 0.4) is 0 Å². The average molecular weight is 306 g/mol. The Labute approximate surface area is 116 Å². The predicted molar refractivity (Wildman–Crippen MR) is 76.8 cm³/mol. The minimum Gasteiger partial charge on any atom is -0.473 e. The lowest BCUT2D eigenvalue weighted by molar-refractivity contribution is 0.290. The molecule has 3 heteroatoms. The van der Waals surface area contributed by atoms with E-state index < -0.39 is 0 Å². The van der Waals surface area contributed by atoms with Gasteiger partial charge in [0, 0.05) is 10.0 Å². The van der Waals surface area contributed by atoms with Gasteiger partial charge in [-0.2, -0.15) is 0 Å². The third kappa shape index (κ3) is 3.10. The molecule has 1 aromatic heterocycles. The van der Waals surface area contributed by atoms with Crippen LogP contribution >= 0.6 is 15.9 Å². The molecule has 1 heterocycles. The van der Waals surface area contributed by atoms with E-state index in [0.717, 1.165) is 33.6 Å². The van der Waals surface area contributed by atoms with E-state index in [2.05, 4.69) is 46.0 Å². The van der Waals surface area contributed by atoms with Crippen LogP contribution in [0.15, 0.2) is 40.9 Å². The number of hydrogen-bond donors (Lipinski definition) is 0. The summed E-state index contributed by atoms with van der Waals surface area (Å²) in [5.41, 5.74) is 3.24. The van der Waals surface area contributed by atoms with Crippen LogP contribution in [0.1, 0.15) is 23.7 Å². The molecule has 0 unspecified atom stereocenters. The number of halogens is 1. The van der Waals surface area contributed by atoms with Gasteiger partial charge < -0.3 is 4.74 Å². The Bertz CT molecular complexity index is 526. The predicted octanol–water partition coefficient (Wildman–Crippen LogP) is 4.29. The fourth-order valence-electron chi connectivity index (χ4n) is 1.70. The van der Waals surface area contributed by atoms with Gasteiger partial charge in [-0.1, -0.05) is 37.3 Å². The maximum absolute atomic E-state index is 5.82. The summed E-state index contributed by atoms with van der Waals surface area (Å²) in [5, 5.41) is 0. The zero-order valence-electron chi connectivity index (χ0n) is 10.6. The SMILES string of the molecule is CCc1cc(Br)c(C)nc1OCc1ccccc1. The molecule has 0 atom stereocenters. The van der Waals surface area contributed by atoms with E-state index in [-0.39, 0.29) is 0 Å². The smallest absolute Gasteiger partial charge is 0.217 e. The van der Waals surface area contributed by atoms with Crippen molar-refractivity contribution in [1.29, 1.82) is 0 Å². The summed E-state index contributed by atoms with van der Waals surface area (Å²) in [4.78, 5) is 4.49. The van der Waals surface area contributed by atoms with Gasteiger partial charge in [-0.15, -0.1) is 0 Å². The number of pyridine rings is 1. The molecule has 0 aliphatic rings. The molecular formula is C15H16BrNO. The Balaban J connectivity index is 2.16. The fraction of sp³-hybridized carbons (Fsp3) is 0.267. The lowest BCUT2D eigenvalue weighted by atomic mass is 10.2. The largest absolute Gasteiger partial charge is 0.473 e. The number of ether oxygens (including phenoxy) is 1. The van der Waals surface area contributed by atoms with Gasteiger partial charge in [0.25, 0.3) is 0 Å². The number of hydrogen-bond acceptors (Lipinski definition) is 2. The number of rotatable bonds is 4. The van der Waals surface area contributed by atoms with Crippen molar-refractivity contribution in [3.8, 4) is 5.88 Å². The molecule has 0 spiro atoms. The zero-order valence-corrected chi connectivity index (χ0v) is 12.2. The summed E-state index contributed by atoms with van der Waals surface area (Å²) < 4.78 is 6.85. The van der Waals surface area contributed by atoms with Gasteiger partial charge >= 0.3 is 0 Å². The monoisotopic (exact) mass is 305 g/mol. The molecule has 0 fully saturated rings. The van der Waals surface area contributed by atoms with Gasteiger partial charge in [0.2, 0.25) is 5.88 Å². The molecule has 0 saturated heterocycles. The summed E-state index contributed by atoms with van der Waals surface area (Å²) in [5.74, 6) is 0.738. The van der Waals surface area contributed by atoms with Crippen LogP contribution in [-0.4, -0.2) is 4.98 Å². The first kappa shape index (κ1) is 13.1. The van der Waals surface area contributed by atoms with Crippen LogP contribution < -0.4 is 4.74 Å². The van der Waals surface area contributed by atoms with Crippen molar-refractivity contribution in [2.45, 2.75) is 26.9 Å². The molecule has 0 N–H and O–H groups in total. The first-order chi connectivity index (χ1) is 8.70. The minimum absolute atomic E-state index is 0.557. The highest BCUT2D eigenvalue weighted by atomic mass is 79.9. The molecular weight excluding hydrogens is 290 g/mol. The van der Waals surface area contributed by atoms with Gasteiger partial charge in [0.15, 0.2) is 0 Å². The van der Waals surface area contributed by atoms with E-state index in [4.69, 9.17) is 4.74 Å². The lowest BCUT2D eigenvalue weighted by Gasteiger charge is -2.11. The second kappa shape index (κ2) is 6.01. The maximum atomic E-state index is 5.82. The second-order valence-electron chi connectivity index (χ2n) is 4.15. The molecule has 2 nitrogen and oxygen atoms in total. The average Bonchev–Trinajstić information content (AvgIpc) is 2.41. The van der Waals surface area contributed by atoms with E-state index in [1.54, 1.807) is 0 Å². The number of benzene rings is 1. The normalized spacial score (nSPS) is 10.4. The van der Waals surface area contributed by atoms with Crippen molar-refractivity contribution in [3.05, 3.63) is 57.7 Å². The van der Waals surface area contributed by atoms with E-state index in [9.17, 15) is 0 Å². The standard InChI is InChI=1S/C15H16BrNO/c1-3-13-9-14(16)11(2)17-15(13)18-10-12-7-5-4-6-8-12/h4-9H,3,10H2,1-2H3. The zero-order chi connectivity index (χ0) is 13.0. The Morgan fingerprint density at radius 1 is 1.22 bits per heavy atom.